The monoisotopic (exact) mass is 1320 g/mol. The van der Waals surface area contributed by atoms with Crippen LogP contribution in [0.2, 0.25) is 4.34 Å². The molecule has 18 nitrogen and oxygen atoms in total. The van der Waals surface area contributed by atoms with Crippen molar-refractivity contribution in [3.05, 3.63) is 246 Å². The van der Waals surface area contributed by atoms with Crippen LogP contribution in [0, 0.1) is 76.2 Å². The number of thiazole rings is 2. The van der Waals surface area contributed by atoms with Crippen molar-refractivity contribution in [1.82, 2.24) is 9.97 Å². The fourth-order valence-electron chi connectivity index (χ4n) is 11.4. The molecule has 15 rings (SSSR count). The first kappa shape index (κ1) is 63.6. The molecule has 5 aromatic carbocycles. The third kappa shape index (κ3) is 10.9. The molecule has 0 spiro atoms. The summed E-state index contributed by atoms with van der Waals surface area (Å²) in [5.74, 6) is -1.32. The molecule has 10 aromatic rings. The summed E-state index contributed by atoms with van der Waals surface area (Å²) in [7, 11) is 0. The van der Waals surface area contributed by atoms with Gasteiger partial charge in [0.2, 0.25) is 5.88 Å². The Balaban J connectivity index is 0.000000118. The molecule has 5 aliphatic heterocycles. The highest BCUT2D eigenvalue weighted by molar-refractivity contribution is 7.20. The molecule has 0 bridgehead atoms. The molecule has 0 radical (unpaired) electrons. The van der Waals surface area contributed by atoms with Crippen LogP contribution in [0.4, 0.5) is 27.5 Å². The molecule has 23 heteroatoms. The summed E-state index contributed by atoms with van der Waals surface area (Å²) >= 11 is 11.2. The maximum absolute atomic E-state index is 12.5. The Morgan fingerprint density at radius 3 is 1.03 bits per heavy atom. The maximum atomic E-state index is 12.5. The number of furan rings is 1. The molecule has 0 saturated heterocycles. The highest BCUT2D eigenvalue weighted by atomic mass is 35.5. The lowest BCUT2D eigenvalue weighted by atomic mass is 9.99. The van der Waals surface area contributed by atoms with Crippen LogP contribution in [-0.2, 0) is 0 Å². The van der Waals surface area contributed by atoms with E-state index in [9.17, 15) is 47.9 Å². The van der Waals surface area contributed by atoms with Crippen molar-refractivity contribution >= 4 is 144 Å². The predicted molar refractivity (Wildman–Crippen MR) is 357 cm³/mol. The number of aromatic nitrogens is 2. The molecular formula is C69H54ClN7O11S4. The Bertz CT molecular complexity index is 4210. The number of aryl methyl sites for hydroxylation is 11. The van der Waals surface area contributed by atoms with Gasteiger partial charge in [-0.05, 0) is 161 Å². The summed E-state index contributed by atoms with van der Waals surface area (Å²) in [6.45, 7) is 20.2. The van der Waals surface area contributed by atoms with Crippen molar-refractivity contribution < 1.29 is 52.4 Å². The van der Waals surface area contributed by atoms with Crippen molar-refractivity contribution in [3.8, 4) is 0 Å². The van der Waals surface area contributed by atoms with E-state index in [1.807, 2.05) is 141 Å². The summed E-state index contributed by atoms with van der Waals surface area (Å²) in [6, 6.07) is 27.2. The number of rotatable bonds is 5. The normalized spacial score (nSPS) is 14.2. The number of hydrogen-bond acceptors (Lipinski definition) is 17. The lowest BCUT2D eigenvalue weighted by Gasteiger charge is -2.11. The summed E-state index contributed by atoms with van der Waals surface area (Å²) in [4.78, 5) is 138. The number of halogens is 1. The molecule has 92 heavy (non-hydrogen) atoms. The fourth-order valence-corrected chi connectivity index (χ4v) is 14.2. The zero-order chi connectivity index (χ0) is 66.0. The van der Waals surface area contributed by atoms with E-state index in [1.54, 1.807) is 59.7 Å². The van der Waals surface area contributed by atoms with Crippen molar-refractivity contribution in [2.45, 2.75) is 76.2 Å². The fraction of sp³-hybridized carbons (Fsp3) is 0.159. The summed E-state index contributed by atoms with van der Waals surface area (Å²) < 4.78 is 5.96. The summed E-state index contributed by atoms with van der Waals surface area (Å²) in [5, 5.41) is 8.12. The van der Waals surface area contributed by atoms with E-state index in [4.69, 9.17) is 16.0 Å². The molecule has 462 valence electrons. The van der Waals surface area contributed by atoms with Gasteiger partial charge in [-0.2, -0.15) is 11.3 Å². The number of hydrogen-bond donors (Lipinski definition) is 0. The van der Waals surface area contributed by atoms with E-state index in [0.717, 1.165) is 70.3 Å². The molecule has 0 atom stereocenters. The van der Waals surface area contributed by atoms with Gasteiger partial charge in [0.25, 0.3) is 59.1 Å². The highest BCUT2D eigenvalue weighted by Gasteiger charge is 2.44. The van der Waals surface area contributed by atoms with Gasteiger partial charge in [0.1, 0.15) is 10.8 Å². The van der Waals surface area contributed by atoms with Crippen LogP contribution in [0.15, 0.2) is 129 Å². The molecule has 0 unspecified atom stereocenters. The third-order valence-electron chi connectivity index (χ3n) is 16.0. The number of imide groups is 5. The standard InChI is InChI=1S/C15H13NO3.C14H10ClNO2S.C14H11NO2S.2C13H10N2O2S/c1-8-4-5-9(2)13-12(8)14(17)16(15(13)18)11-7-6-10(3)19-11;1-7-3-4-8(2)12-11(7)13(17)16(14(12)18)10-6-5-9(15)19-10;1-8-3-4-9(2)12-11(8)13(16)15(14(12)17)10-5-6-18-7-10;1-7-3-4-8(2)11-10(7)12(16)15(13(11)17)9-5-18-6-14-9;1-7-3-4-8(2)10-9(7)11(16)15(12(10)17)13-14-5-6-18-13/h4-7H,1-3H3;3-6H,1-2H3;3-7H,1-2H3;2*3-6H,1-2H3. The van der Waals surface area contributed by atoms with Crippen molar-refractivity contribution in [2.24, 2.45) is 0 Å². The van der Waals surface area contributed by atoms with Gasteiger partial charge >= 0.3 is 0 Å². The van der Waals surface area contributed by atoms with Gasteiger partial charge in [-0.1, -0.05) is 72.3 Å². The number of anilines is 5. The number of benzene rings is 5. The topological polar surface area (TPSA) is 226 Å². The van der Waals surface area contributed by atoms with Gasteiger partial charge in [0, 0.05) is 28.4 Å². The van der Waals surface area contributed by atoms with Crippen molar-refractivity contribution in [1.29, 1.82) is 0 Å². The lowest BCUT2D eigenvalue weighted by molar-refractivity contribution is 0.0904. The van der Waals surface area contributed by atoms with Gasteiger partial charge in [-0.15, -0.1) is 34.0 Å². The number of nitrogens with zero attached hydrogens (tertiary/aromatic N) is 7. The zero-order valence-electron chi connectivity index (χ0n) is 51.3. The van der Waals surface area contributed by atoms with E-state index >= 15 is 0 Å². The van der Waals surface area contributed by atoms with E-state index in [2.05, 4.69) is 9.97 Å². The zero-order valence-corrected chi connectivity index (χ0v) is 55.3. The number of carbonyl (C=O) groups is 10. The highest BCUT2D eigenvalue weighted by Crippen LogP contribution is 2.40. The molecule has 0 N–H and O–H groups in total. The number of amides is 10. The lowest BCUT2D eigenvalue weighted by Crippen LogP contribution is -2.29. The van der Waals surface area contributed by atoms with Crippen LogP contribution >= 0.6 is 56.9 Å². The smallest absolute Gasteiger partial charge is 0.268 e. The predicted octanol–water partition coefficient (Wildman–Crippen LogP) is 15.1. The second-order valence-electron chi connectivity index (χ2n) is 22.1. The second kappa shape index (κ2) is 25.0. The summed E-state index contributed by atoms with van der Waals surface area (Å²) in [5.41, 5.74) is 15.7. The Kier molecular flexibility index (Phi) is 17.3. The Morgan fingerprint density at radius 2 is 0.728 bits per heavy atom. The average molecular weight is 1320 g/mol. The van der Waals surface area contributed by atoms with E-state index in [-0.39, 0.29) is 65.0 Å². The minimum absolute atomic E-state index is 0.213. The Morgan fingerprint density at radius 1 is 0.359 bits per heavy atom. The first-order chi connectivity index (χ1) is 43.8. The first-order valence-corrected chi connectivity index (χ1v) is 32.4. The molecule has 0 fully saturated rings. The van der Waals surface area contributed by atoms with Gasteiger partial charge < -0.3 is 4.42 Å². The van der Waals surface area contributed by atoms with Gasteiger partial charge in [0.05, 0.1) is 71.2 Å². The SMILES string of the molecule is Cc1ccc(C)c2c1C(=O)N(c1ccc(Cl)s1)C2=O.Cc1ccc(C)c2c1C(=O)N(c1ccsc1)C2=O.Cc1ccc(C)c2c1C(=O)N(c1cscn1)C2=O.Cc1ccc(C)c2c1C(=O)N(c1nccs1)C2=O.Cc1ccc(N2C(=O)c3c(C)ccc(C)c3C2=O)o1. The van der Waals surface area contributed by atoms with Crippen LogP contribution < -0.4 is 24.5 Å². The van der Waals surface area contributed by atoms with Crippen LogP contribution in [0.5, 0.6) is 0 Å². The van der Waals surface area contributed by atoms with Crippen LogP contribution in [0.3, 0.4) is 0 Å². The molecule has 10 amide bonds. The van der Waals surface area contributed by atoms with Gasteiger partial charge in [0.15, 0.2) is 10.9 Å². The number of thiophene rings is 2. The molecule has 5 aromatic heterocycles. The molecule has 0 saturated carbocycles. The molecular weight excluding hydrogens is 1270 g/mol. The van der Waals surface area contributed by atoms with Crippen molar-refractivity contribution in [3.63, 3.8) is 0 Å². The average Bonchev–Trinajstić information content (AvgIpc) is 1.65. The first-order valence-electron chi connectivity index (χ1n) is 28.4. The maximum Gasteiger partial charge on any atom is 0.268 e. The van der Waals surface area contributed by atoms with Gasteiger partial charge in [-0.25, -0.2) is 34.5 Å². The van der Waals surface area contributed by atoms with E-state index in [1.165, 1.54) is 55.1 Å². The Hall–Kier alpha value is -9.97. The molecule has 5 aliphatic rings. The number of fused-ring (bicyclic) bond motifs is 5. The van der Waals surface area contributed by atoms with Gasteiger partial charge in [-0.3, -0.25) is 47.9 Å². The van der Waals surface area contributed by atoms with Crippen molar-refractivity contribution in [2.75, 3.05) is 24.5 Å². The second-order valence-corrected chi connectivity index (χ2v) is 26.1. The minimum Gasteiger partial charge on any atom is -0.445 e. The largest absolute Gasteiger partial charge is 0.445 e. The van der Waals surface area contributed by atoms with E-state index < -0.39 is 0 Å². The molecule has 10 heterocycles. The minimum atomic E-state index is -0.310. The quantitative estimate of drug-likeness (QED) is 0.146. The summed E-state index contributed by atoms with van der Waals surface area (Å²) in [6.07, 6.45) is 1.59. The van der Waals surface area contributed by atoms with Crippen LogP contribution in [0.1, 0.15) is 165 Å². The third-order valence-corrected chi connectivity index (χ3v) is 19.2. The number of carbonyl (C=O) groups excluding carboxylic acids is 10. The van der Waals surface area contributed by atoms with E-state index in [0.29, 0.717) is 87.4 Å². The van der Waals surface area contributed by atoms with Crippen LogP contribution in [-0.4, -0.2) is 69.0 Å². The van der Waals surface area contributed by atoms with Crippen LogP contribution in [0.25, 0.3) is 0 Å². The Labute approximate surface area is 548 Å². The molecule has 0 aliphatic carbocycles.